The summed E-state index contributed by atoms with van der Waals surface area (Å²) in [6.07, 6.45) is 0. The number of hydrogen-bond acceptors (Lipinski definition) is 1. The fourth-order valence-electron chi connectivity index (χ4n) is 1.75. The molecule has 0 amide bonds. The van der Waals surface area contributed by atoms with E-state index in [1.165, 1.54) is 18.2 Å². The van der Waals surface area contributed by atoms with Crippen LogP contribution in [-0.4, -0.2) is 0 Å². The number of halogens is 4. The highest BCUT2D eigenvalue weighted by atomic mass is 79.9. The summed E-state index contributed by atoms with van der Waals surface area (Å²) in [5, 5.41) is 2.88. The Labute approximate surface area is 117 Å². The Bertz CT molecular complexity index is 581. The van der Waals surface area contributed by atoms with Crippen molar-refractivity contribution >= 4 is 21.6 Å². The first-order valence-corrected chi connectivity index (χ1v) is 6.42. The second kappa shape index (κ2) is 5.65. The van der Waals surface area contributed by atoms with Crippen LogP contribution in [0.3, 0.4) is 0 Å². The Kier molecular flexibility index (Phi) is 4.14. The normalized spacial score (nSPS) is 12.3. The minimum Gasteiger partial charge on any atom is -0.376 e. The molecule has 0 aromatic heterocycles. The minimum atomic E-state index is -0.654. The molecular weight excluding hydrogens is 319 g/mol. The van der Waals surface area contributed by atoms with Gasteiger partial charge in [-0.3, -0.25) is 0 Å². The average Bonchev–Trinajstić information content (AvgIpc) is 2.32. The van der Waals surface area contributed by atoms with Crippen molar-refractivity contribution < 1.29 is 13.2 Å². The minimum absolute atomic E-state index is 0.270. The SMILES string of the molecule is CC(Nc1cc(Br)ccc1F)c1cc(F)cc(F)c1. The maximum atomic E-state index is 13.6. The second-order valence-electron chi connectivity index (χ2n) is 4.19. The highest BCUT2D eigenvalue weighted by Gasteiger charge is 2.11. The van der Waals surface area contributed by atoms with Gasteiger partial charge in [0.2, 0.25) is 0 Å². The van der Waals surface area contributed by atoms with Gasteiger partial charge in [-0.1, -0.05) is 15.9 Å². The fourth-order valence-corrected chi connectivity index (χ4v) is 2.11. The summed E-state index contributed by atoms with van der Waals surface area (Å²) in [6, 6.07) is 7.28. The summed E-state index contributed by atoms with van der Waals surface area (Å²) in [5.41, 5.74) is 0.684. The molecule has 0 saturated carbocycles. The van der Waals surface area contributed by atoms with Crippen molar-refractivity contribution in [2.24, 2.45) is 0 Å². The van der Waals surface area contributed by atoms with Crippen LogP contribution in [0.1, 0.15) is 18.5 Å². The molecule has 1 unspecified atom stereocenters. The Balaban J connectivity index is 2.25. The van der Waals surface area contributed by atoms with Crippen molar-refractivity contribution in [2.45, 2.75) is 13.0 Å². The summed E-state index contributed by atoms with van der Waals surface area (Å²) < 4.78 is 40.5. The van der Waals surface area contributed by atoms with Crippen molar-refractivity contribution in [2.75, 3.05) is 5.32 Å². The van der Waals surface area contributed by atoms with E-state index in [4.69, 9.17) is 0 Å². The predicted molar refractivity (Wildman–Crippen MR) is 72.5 cm³/mol. The maximum Gasteiger partial charge on any atom is 0.146 e. The molecule has 1 N–H and O–H groups in total. The highest BCUT2D eigenvalue weighted by Crippen LogP contribution is 2.25. The molecule has 0 bridgehead atoms. The van der Waals surface area contributed by atoms with E-state index in [-0.39, 0.29) is 5.69 Å². The third kappa shape index (κ3) is 3.50. The van der Waals surface area contributed by atoms with Crippen LogP contribution in [0.5, 0.6) is 0 Å². The Hall–Kier alpha value is -1.49. The first kappa shape index (κ1) is 13.9. The number of benzene rings is 2. The third-order valence-electron chi connectivity index (χ3n) is 2.69. The molecule has 2 rings (SSSR count). The molecule has 0 fully saturated rings. The van der Waals surface area contributed by atoms with Crippen LogP contribution in [0, 0.1) is 17.5 Å². The monoisotopic (exact) mass is 329 g/mol. The zero-order chi connectivity index (χ0) is 14.0. The van der Waals surface area contributed by atoms with Crippen LogP contribution < -0.4 is 5.32 Å². The van der Waals surface area contributed by atoms with E-state index in [0.717, 1.165) is 6.07 Å². The molecule has 2 aromatic carbocycles. The Morgan fingerprint density at radius 1 is 1.00 bits per heavy atom. The van der Waals surface area contributed by atoms with Gasteiger partial charge in [0.05, 0.1) is 5.69 Å². The lowest BCUT2D eigenvalue weighted by Gasteiger charge is -2.16. The van der Waals surface area contributed by atoms with E-state index >= 15 is 0 Å². The van der Waals surface area contributed by atoms with Crippen LogP contribution in [0.25, 0.3) is 0 Å². The molecule has 0 saturated heterocycles. The van der Waals surface area contributed by atoms with Crippen LogP contribution in [0.15, 0.2) is 40.9 Å². The first-order chi connectivity index (χ1) is 8.95. The standard InChI is InChI=1S/C14H11BrF3N/c1-8(9-4-11(16)7-12(17)5-9)19-14-6-10(15)2-3-13(14)18/h2-8,19H,1H3. The largest absolute Gasteiger partial charge is 0.376 e. The molecule has 0 radical (unpaired) electrons. The van der Waals surface area contributed by atoms with Gasteiger partial charge in [0, 0.05) is 16.6 Å². The number of rotatable bonds is 3. The summed E-state index contributed by atoms with van der Waals surface area (Å²) in [6.45, 7) is 1.70. The highest BCUT2D eigenvalue weighted by molar-refractivity contribution is 9.10. The molecule has 0 aliphatic heterocycles. The zero-order valence-corrected chi connectivity index (χ0v) is 11.6. The molecule has 5 heteroatoms. The van der Waals surface area contributed by atoms with Gasteiger partial charge in [0.15, 0.2) is 0 Å². The van der Waals surface area contributed by atoms with E-state index in [1.807, 2.05) is 0 Å². The summed E-state index contributed by atoms with van der Waals surface area (Å²) in [7, 11) is 0. The van der Waals surface area contributed by atoms with Gasteiger partial charge >= 0.3 is 0 Å². The quantitative estimate of drug-likeness (QED) is 0.831. The molecular formula is C14H11BrF3N. The van der Waals surface area contributed by atoms with Crippen LogP contribution in [0.2, 0.25) is 0 Å². The fraction of sp³-hybridized carbons (Fsp3) is 0.143. The van der Waals surface area contributed by atoms with Gasteiger partial charge in [0.1, 0.15) is 17.5 Å². The van der Waals surface area contributed by atoms with Crippen molar-refractivity contribution in [3.8, 4) is 0 Å². The molecule has 0 aliphatic rings. The molecule has 0 heterocycles. The maximum absolute atomic E-state index is 13.6. The van der Waals surface area contributed by atoms with Gasteiger partial charge in [-0.15, -0.1) is 0 Å². The molecule has 2 aromatic rings. The van der Waals surface area contributed by atoms with Gasteiger partial charge in [-0.25, -0.2) is 13.2 Å². The van der Waals surface area contributed by atoms with Gasteiger partial charge in [-0.05, 0) is 42.8 Å². The van der Waals surface area contributed by atoms with Crippen LogP contribution in [-0.2, 0) is 0 Å². The smallest absolute Gasteiger partial charge is 0.146 e. The predicted octanol–water partition coefficient (Wildman–Crippen LogP) is 5.04. The third-order valence-corrected chi connectivity index (χ3v) is 3.18. The van der Waals surface area contributed by atoms with E-state index in [2.05, 4.69) is 21.2 Å². The van der Waals surface area contributed by atoms with Crippen molar-refractivity contribution in [3.63, 3.8) is 0 Å². The lowest BCUT2D eigenvalue weighted by molar-refractivity contribution is 0.577. The molecule has 1 nitrogen and oxygen atoms in total. The van der Waals surface area contributed by atoms with Crippen molar-refractivity contribution in [1.29, 1.82) is 0 Å². The molecule has 0 aliphatic carbocycles. The van der Waals surface area contributed by atoms with Gasteiger partial charge in [0.25, 0.3) is 0 Å². The van der Waals surface area contributed by atoms with Gasteiger partial charge in [-0.2, -0.15) is 0 Å². The first-order valence-electron chi connectivity index (χ1n) is 5.63. The molecule has 1 atom stereocenters. The summed E-state index contributed by atoms with van der Waals surface area (Å²) >= 11 is 3.24. The molecule has 0 spiro atoms. The average molecular weight is 330 g/mol. The number of anilines is 1. The van der Waals surface area contributed by atoms with E-state index in [1.54, 1.807) is 19.1 Å². The zero-order valence-electron chi connectivity index (χ0n) is 10.1. The van der Waals surface area contributed by atoms with Crippen LogP contribution >= 0.6 is 15.9 Å². The van der Waals surface area contributed by atoms with Crippen LogP contribution in [0.4, 0.5) is 18.9 Å². The second-order valence-corrected chi connectivity index (χ2v) is 5.11. The summed E-state index contributed by atoms with van der Waals surface area (Å²) in [4.78, 5) is 0. The van der Waals surface area contributed by atoms with E-state index in [0.29, 0.717) is 10.0 Å². The topological polar surface area (TPSA) is 12.0 Å². The van der Waals surface area contributed by atoms with E-state index in [9.17, 15) is 13.2 Å². The molecule has 19 heavy (non-hydrogen) atoms. The summed E-state index contributed by atoms with van der Waals surface area (Å²) in [5.74, 6) is -1.73. The Morgan fingerprint density at radius 2 is 1.63 bits per heavy atom. The van der Waals surface area contributed by atoms with Crippen molar-refractivity contribution in [1.82, 2.24) is 0 Å². The lowest BCUT2D eigenvalue weighted by Crippen LogP contribution is -2.08. The number of hydrogen-bond donors (Lipinski definition) is 1. The molecule has 100 valence electrons. The van der Waals surface area contributed by atoms with E-state index < -0.39 is 23.5 Å². The lowest BCUT2D eigenvalue weighted by atomic mass is 10.1. The van der Waals surface area contributed by atoms with Crippen molar-refractivity contribution in [3.05, 3.63) is 63.9 Å². The Morgan fingerprint density at radius 3 is 2.26 bits per heavy atom. The van der Waals surface area contributed by atoms with Gasteiger partial charge < -0.3 is 5.32 Å². The number of nitrogens with one attached hydrogen (secondary N) is 1.